The van der Waals surface area contributed by atoms with Crippen molar-refractivity contribution in [2.24, 2.45) is 0 Å². The van der Waals surface area contributed by atoms with E-state index in [4.69, 9.17) is 5.26 Å². The van der Waals surface area contributed by atoms with Crippen LogP contribution in [-0.4, -0.2) is 29.9 Å². The van der Waals surface area contributed by atoms with Crippen molar-refractivity contribution in [2.45, 2.75) is 25.3 Å². The molecule has 5 heteroatoms. The van der Waals surface area contributed by atoms with Gasteiger partial charge in [-0.3, -0.25) is 9.69 Å². The number of urea groups is 1. The fourth-order valence-corrected chi connectivity index (χ4v) is 0.799. The van der Waals surface area contributed by atoms with E-state index in [1.165, 1.54) is 7.05 Å². The molecule has 1 N–H and O–H groups in total. The highest BCUT2D eigenvalue weighted by Gasteiger charge is 2.26. The number of hydrogen-bond donors (Lipinski definition) is 1. The molecule has 0 unspecified atom stereocenters. The maximum atomic E-state index is 11.2. The number of nitriles is 1. The minimum Gasteiger partial charge on any atom is -0.335 e. The molecule has 0 bridgehead atoms. The van der Waals surface area contributed by atoms with Gasteiger partial charge >= 0.3 is 6.03 Å². The molecule has 1 fully saturated rings. The number of imide groups is 1. The van der Waals surface area contributed by atoms with Gasteiger partial charge in [0.1, 0.15) is 6.42 Å². The van der Waals surface area contributed by atoms with Crippen LogP contribution in [0, 0.1) is 11.3 Å². The van der Waals surface area contributed by atoms with Gasteiger partial charge in [-0.15, -0.1) is 0 Å². The number of carbonyl (C=O) groups is 2. The third-order valence-electron chi connectivity index (χ3n) is 1.81. The third-order valence-corrected chi connectivity index (χ3v) is 1.81. The Labute approximate surface area is 76.3 Å². The zero-order chi connectivity index (χ0) is 9.84. The number of carbonyl (C=O) groups excluding carboxylic acids is 2. The van der Waals surface area contributed by atoms with E-state index >= 15 is 0 Å². The molecule has 0 heterocycles. The smallest absolute Gasteiger partial charge is 0.324 e. The lowest BCUT2D eigenvalue weighted by Gasteiger charge is -2.13. The lowest BCUT2D eigenvalue weighted by molar-refractivity contribution is -0.126. The van der Waals surface area contributed by atoms with Crippen molar-refractivity contribution in [1.29, 1.82) is 5.26 Å². The molecule has 70 valence electrons. The van der Waals surface area contributed by atoms with Crippen LogP contribution in [0.15, 0.2) is 0 Å². The molecule has 1 aliphatic rings. The molecule has 3 amide bonds. The number of hydrogen-bond acceptors (Lipinski definition) is 3. The molecule has 0 saturated heterocycles. The predicted molar refractivity (Wildman–Crippen MR) is 44.6 cm³/mol. The summed E-state index contributed by atoms with van der Waals surface area (Å²) in [6, 6.07) is 1.51. The van der Waals surface area contributed by atoms with Crippen LogP contribution in [0.5, 0.6) is 0 Å². The van der Waals surface area contributed by atoms with E-state index in [9.17, 15) is 9.59 Å². The Morgan fingerprint density at radius 3 is 2.69 bits per heavy atom. The van der Waals surface area contributed by atoms with Crippen LogP contribution in [0.2, 0.25) is 0 Å². The van der Waals surface area contributed by atoms with E-state index in [2.05, 4.69) is 5.32 Å². The molecule has 1 rings (SSSR count). The largest absolute Gasteiger partial charge is 0.335 e. The van der Waals surface area contributed by atoms with Crippen LogP contribution < -0.4 is 5.32 Å². The first-order valence-electron chi connectivity index (χ1n) is 4.09. The Morgan fingerprint density at radius 2 is 2.23 bits per heavy atom. The second-order valence-corrected chi connectivity index (χ2v) is 3.01. The average molecular weight is 181 g/mol. The van der Waals surface area contributed by atoms with Gasteiger partial charge in [-0.1, -0.05) is 0 Å². The molecule has 0 aromatic heterocycles. The lowest BCUT2D eigenvalue weighted by Crippen LogP contribution is -2.41. The maximum absolute atomic E-state index is 11.2. The van der Waals surface area contributed by atoms with Crippen LogP contribution in [0.4, 0.5) is 4.79 Å². The third kappa shape index (κ3) is 2.75. The van der Waals surface area contributed by atoms with Crippen molar-refractivity contribution in [3.05, 3.63) is 0 Å². The SMILES string of the molecule is CN(C(=O)CC#N)C(=O)NC1CC1. The molecule has 0 radical (unpaired) electrons. The second kappa shape index (κ2) is 3.90. The fraction of sp³-hybridized carbons (Fsp3) is 0.625. The first kappa shape index (κ1) is 9.52. The first-order chi connectivity index (χ1) is 6.15. The molecule has 0 aromatic carbocycles. The number of amides is 3. The molecule has 13 heavy (non-hydrogen) atoms. The van der Waals surface area contributed by atoms with Crippen LogP contribution in [0.1, 0.15) is 19.3 Å². The van der Waals surface area contributed by atoms with E-state index in [1.807, 2.05) is 0 Å². The van der Waals surface area contributed by atoms with Crippen LogP contribution in [0.25, 0.3) is 0 Å². The first-order valence-corrected chi connectivity index (χ1v) is 4.09. The Balaban J connectivity index is 2.36. The second-order valence-electron chi connectivity index (χ2n) is 3.01. The predicted octanol–water partition coefficient (Wildman–Crippen LogP) is 0.230. The quantitative estimate of drug-likeness (QED) is 0.662. The summed E-state index contributed by atoms with van der Waals surface area (Å²) in [5.74, 6) is -0.472. The van der Waals surface area contributed by atoms with Crippen molar-refractivity contribution < 1.29 is 9.59 Å². The Hall–Kier alpha value is -1.57. The standard InChI is InChI=1S/C8H11N3O2/c1-11(7(12)4-5-9)8(13)10-6-2-3-6/h6H,2-4H2,1H3,(H,10,13). The zero-order valence-corrected chi connectivity index (χ0v) is 7.41. The summed E-state index contributed by atoms with van der Waals surface area (Å²) in [5, 5.41) is 10.9. The van der Waals surface area contributed by atoms with E-state index in [0.717, 1.165) is 17.7 Å². The van der Waals surface area contributed by atoms with Gasteiger partial charge in [-0.2, -0.15) is 5.26 Å². The summed E-state index contributed by atoms with van der Waals surface area (Å²) in [5.41, 5.74) is 0. The van der Waals surface area contributed by atoms with Gasteiger partial charge in [-0.25, -0.2) is 4.79 Å². The molecule has 0 aromatic rings. The van der Waals surface area contributed by atoms with E-state index in [0.29, 0.717) is 0 Å². The molecular weight excluding hydrogens is 170 g/mol. The highest BCUT2D eigenvalue weighted by atomic mass is 16.2. The van der Waals surface area contributed by atoms with Gasteiger partial charge in [-0.05, 0) is 12.8 Å². The van der Waals surface area contributed by atoms with Crippen molar-refractivity contribution in [2.75, 3.05) is 7.05 Å². The van der Waals surface area contributed by atoms with Gasteiger partial charge in [0.05, 0.1) is 6.07 Å². The lowest BCUT2D eigenvalue weighted by atomic mass is 10.4. The summed E-state index contributed by atoms with van der Waals surface area (Å²) < 4.78 is 0. The number of rotatable bonds is 2. The topological polar surface area (TPSA) is 73.2 Å². The monoisotopic (exact) mass is 181 g/mol. The molecule has 1 saturated carbocycles. The van der Waals surface area contributed by atoms with Gasteiger partial charge in [0.25, 0.3) is 0 Å². The van der Waals surface area contributed by atoms with E-state index < -0.39 is 11.9 Å². The highest BCUT2D eigenvalue weighted by Crippen LogP contribution is 2.18. The molecule has 0 aliphatic heterocycles. The van der Waals surface area contributed by atoms with Gasteiger partial charge in [0.2, 0.25) is 5.91 Å². The Kier molecular flexibility index (Phi) is 2.85. The molecule has 0 spiro atoms. The van der Waals surface area contributed by atoms with Crippen molar-refractivity contribution in [1.82, 2.24) is 10.2 Å². The summed E-state index contributed by atoms with van der Waals surface area (Å²) in [4.78, 5) is 23.2. The van der Waals surface area contributed by atoms with Crippen LogP contribution in [0.3, 0.4) is 0 Å². The Bertz CT molecular complexity index is 265. The number of nitrogens with one attached hydrogen (secondary N) is 1. The van der Waals surface area contributed by atoms with Gasteiger partial charge in [0.15, 0.2) is 0 Å². The molecular formula is C8H11N3O2. The van der Waals surface area contributed by atoms with Gasteiger partial charge < -0.3 is 5.32 Å². The summed E-state index contributed by atoms with van der Waals surface area (Å²) in [7, 11) is 1.37. The fourth-order valence-electron chi connectivity index (χ4n) is 0.799. The van der Waals surface area contributed by atoms with Crippen molar-refractivity contribution >= 4 is 11.9 Å². The maximum Gasteiger partial charge on any atom is 0.324 e. The molecule has 1 aliphatic carbocycles. The minimum atomic E-state index is -0.472. The van der Waals surface area contributed by atoms with Crippen LogP contribution in [-0.2, 0) is 4.79 Å². The highest BCUT2D eigenvalue weighted by molar-refractivity contribution is 5.95. The minimum absolute atomic E-state index is 0.227. The molecule has 5 nitrogen and oxygen atoms in total. The molecule has 0 atom stereocenters. The Morgan fingerprint density at radius 1 is 1.62 bits per heavy atom. The van der Waals surface area contributed by atoms with Gasteiger partial charge in [0, 0.05) is 13.1 Å². The average Bonchev–Trinajstić information content (AvgIpc) is 2.87. The van der Waals surface area contributed by atoms with E-state index in [1.54, 1.807) is 6.07 Å². The number of nitrogens with zero attached hydrogens (tertiary/aromatic N) is 2. The normalized spacial score (nSPS) is 14.5. The van der Waals surface area contributed by atoms with Crippen molar-refractivity contribution in [3.8, 4) is 6.07 Å². The van der Waals surface area contributed by atoms with Crippen molar-refractivity contribution in [3.63, 3.8) is 0 Å². The summed E-state index contributed by atoms with van der Waals surface area (Å²) in [6.45, 7) is 0. The van der Waals surface area contributed by atoms with Crippen LogP contribution >= 0.6 is 0 Å². The summed E-state index contributed by atoms with van der Waals surface area (Å²) >= 11 is 0. The zero-order valence-electron chi connectivity index (χ0n) is 7.41. The summed E-state index contributed by atoms with van der Waals surface area (Å²) in [6.07, 6.45) is 1.70. The van der Waals surface area contributed by atoms with E-state index in [-0.39, 0.29) is 12.5 Å².